The van der Waals surface area contributed by atoms with Crippen LogP contribution in [-0.2, 0) is 0 Å². The molecule has 0 amide bonds. The van der Waals surface area contributed by atoms with Gasteiger partial charge in [-0.05, 0) is 66.7 Å². The highest BCUT2D eigenvalue weighted by atomic mass is 16.5. The maximum atomic E-state index is 10.3. The van der Waals surface area contributed by atoms with Crippen molar-refractivity contribution in [2.75, 3.05) is 13.2 Å². The van der Waals surface area contributed by atoms with Crippen molar-refractivity contribution in [1.29, 1.82) is 0 Å². The highest BCUT2D eigenvalue weighted by Crippen LogP contribution is 2.16. The molecular formula is C34H24O4. The maximum absolute atomic E-state index is 10.3. The van der Waals surface area contributed by atoms with E-state index in [0.717, 1.165) is 33.4 Å². The van der Waals surface area contributed by atoms with Gasteiger partial charge in [-0.2, -0.15) is 0 Å². The zero-order valence-corrected chi connectivity index (χ0v) is 20.5. The fourth-order valence-electron chi connectivity index (χ4n) is 3.70. The molecule has 0 radical (unpaired) electrons. The number of fused-ring (bicyclic) bond motifs is 7. The van der Waals surface area contributed by atoms with Crippen LogP contribution in [0.4, 0.5) is 0 Å². The normalized spacial score (nSPS) is 16.4. The molecule has 2 atom stereocenters. The summed E-state index contributed by atoms with van der Waals surface area (Å²) in [6.07, 6.45) is -2.24. The van der Waals surface area contributed by atoms with Crippen molar-refractivity contribution < 1.29 is 19.7 Å². The summed E-state index contributed by atoms with van der Waals surface area (Å²) in [5, 5.41) is 20.7. The lowest BCUT2D eigenvalue weighted by atomic mass is 10.0. The first-order chi connectivity index (χ1) is 18.6. The Morgan fingerprint density at radius 2 is 0.947 bits per heavy atom. The van der Waals surface area contributed by atoms with Gasteiger partial charge < -0.3 is 19.7 Å². The molecule has 4 heteroatoms. The second-order valence-corrected chi connectivity index (χ2v) is 8.65. The van der Waals surface area contributed by atoms with Gasteiger partial charge in [0.25, 0.3) is 0 Å². The molecule has 6 rings (SSSR count). The Kier molecular flexibility index (Phi) is 7.74. The largest absolute Gasteiger partial charge is 0.491 e. The number of hydrogen-bond acceptors (Lipinski definition) is 4. The minimum Gasteiger partial charge on any atom is -0.491 e. The monoisotopic (exact) mass is 496 g/mol. The zero-order valence-electron chi connectivity index (χ0n) is 20.5. The van der Waals surface area contributed by atoms with Crippen molar-refractivity contribution >= 4 is 0 Å². The van der Waals surface area contributed by atoms with E-state index in [4.69, 9.17) is 9.47 Å². The average molecular weight is 497 g/mol. The summed E-state index contributed by atoms with van der Waals surface area (Å²) in [5.41, 5.74) is 4.86. The van der Waals surface area contributed by atoms with Gasteiger partial charge in [0.15, 0.2) is 0 Å². The second kappa shape index (κ2) is 11.9. The molecule has 0 fully saturated rings. The quantitative estimate of drug-likeness (QED) is 0.355. The van der Waals surface area contributed by atoms with Gasteiger partial charge in [0.2, 0.25) is 0 Å². The van der Waals surface area contributed by atoms with Gasteiger partial charge in [0.1, 0.15) is 36.9 Å². The molecule has 2 heterocycles. The Morgan fingerprint density at radius 1 is 0.474 bits per heavy atom. The van der Waals surface area contributed by atoms with Crippen LogP contribution in [0.15, 0.2) is 97.1 Å². The third-order valence-electron chi connectivity index (χ3n) is 5.84. The van der Waals surface area contributed by atoms with E-state index in [1.807, 2.05) is 72.8 Å². The van der Waals surface area contributed by atoms with E-state index in [-0.39, 0.29) is 13.2 Å². The molecule has 184 valence electrons. The topological polar surface area (TPSA) is 58.9 Å². The molecule has 0 saturated carbocycles. The molecule has 4 aromatic rings. The van der Waals surface area contributed by atoms with Gasteiger partial charge in [-0.25, -0.2) is 0 Å². The standard InChI is InChI=1S/C34H24O4/c35-33-23-37-31-20-14-25(15-21-31)12-16-27-7-1-3-9-29(27)18-19-30-10-4-2-8-28(30)17-13-26-6-5-11-32(22-26)38-24-34(33)36/h1-11,14-15,20-22,33-36H,23-24H2/t33-,34-/m1/s1. The number of ether oxygens (including phenoxy) is 2. The summed E-state index contributed by atoms with van der Waals surface area (Å²) >= 11 is 0. The summed E-state index contributed by atoms with van der Waals surface area (Å²) < 4.78 is 11.4. The molecular weight excluding hydrogens is 472 g/mol. The predicted molar refractivity (Wildman–Crippen MR) is 147 cm³/mol. The van der Waals surface area contributed by atoms with Gasteiger partial charge in [0, 0.05) is 33.4 Å². The van der Waals surface area contributed by atoms with Crippen LogP contribution in [0, 0.1) is 35.5 Å². The molecule has 4 nitrogen and oxygen atoms in total. The van der Waals surface area contributed by atoms with Crippen molar-refractivity contribution in [3.8, 4) is 47.0 Å². The number of aliphatic hydroxyl groups excluding tert-OH is 2. The molecule has 2 aliphatic heterocycles. The first-order valence-corrected chi connectivity index (χ1v) is 12.2. The highest BCUT2D eigenvalue weighted by molar-refractivity contribution is 5.58. The highest BCUT2D eigenvalue weighted by Gasteiger charge is 2.18. The van der Waals surface area contributed by atoms with Crippen LogP contribution in [0.25, 0.3) is 0 Å². The SMILES string of the molecule is O[C@@H]1COc2ccc(cc2)C#Cc2ccccc2C#Cc2ccccc2C#Cc2cccc(c2)OC[C@H]1O. The molecule has 0 unspecified atom stereocenters. The van der Waals surface area contributed by atoms with Crippen LogP contribution >= 0.6 is 0 Å². The number of hydrogen-bond donors (Lipinski definition) is 2. The van der Waals surface area contributed by atoms with Crippen LogP contribution in [-0.4, -0.2) is 35.6 Å². The molecule has 4 aromatic carbocycles. The van der Waals surface area contributed by atoms with Crippen molar-refractivity contribution in [3.05, 3.63) is 130 Å². The third-order valence-corrected chi connectivity index (χ3v) is 5.84. The number of rotatable bonds is 0. The van der Waals surface area contributed by atoms with Crippen molar-refractivity contribution in [3.63, 3.8) is 0 Å². The van der Waals surface area contributed by atoms with Gasteiger partial charge in [-0.3, -0.25) is 0 Å². The molecule has 0 spiro atoms. The van der Waals surface area contributed by atoms with Gasteiger partial charge in [-0.15, -0.1) is 0 Å². The first kappa shape index (κ1) is 24.8. The van der Waals surface area contributed by atoms with Gasteiger partial charge in [-0.1, -0.05) is 65.9 Å². The zero-order chi connectivity index (χ0) is 26.2. The van der Waals surface area contributed by atoms with E-state index in [1.165, 1.54) is 0 Å². The Balaban J connectivity index is 1.54. The van der Waals surface area contributed by atoms with Crippen LogP contribution in [0.2, 0.25) is 0 Å². The number of aliphatic hydroxyl groups is 2. The average Bonchev–Trinajstić information content (AvgIpc) is 2.96. The number of benzene rings is 4. The summed E-state index contributed by atoms with van der Waals surface area (Å²) in [7, 11) is 0. The van der Waals surface area contributed by atoms with E-state index in [9.17, 15) is 10.2 Å². The van der Waals surface area contributed by atoms with E-state index in [1.54, 1.807) is 24.3 Å². The Labute approximate surface area is 222 Å². The smallest absolute Gasteiger partial charge is 0.120 e. The minimum absolute atomic E-state index is 0.0769. The van der Waals surface area contributed by atoms with Crippen LogP contribution in [0.5, 0.6) is 11.5 Å². The van der Waals surface area contributed by atoms with E-state index < -0.39 is 12.2 Å². The summed E-state index contributed by atoms with van der Waals surface area (Å²) in [6, 6.07) is 30.1. The third kappa shape index (κ3) is 6.44. The predicted octanol–water partition coefficient (Wildman–Crippen LogP) is 4.38. The van der Waals surface area contributed by atoms with E-state index >= 15 is 0 Å². The summed E-state index contributed by atoms with van der Waals surface area (Å²) in [5.74, 6) is 20.4. The second-order valence-electron chi connectivity index (χ2n) is 8.65. The summed E-state index contributed by atoms with van der Waals surface area (Å²) in [4.78, 5) is 0. The fraction of sp³-hybridized carbons (Fsp3) is 0.118. The van der Waals surface area contributed by atoms with Crippen LogP contribution < -0.4 is 9.47 Å². The van der Waals surface area contributed by atoms with Crippen molar-refractivity contribution in [2.24, 2.45) is 0 Å². The lowest BCUT2D eigenvalue weighted by Crippen LogP contribution is -2.36. The maximum Gasteiger partial charge on any atom is 0.120 e. The van der Waals surface area contributed by atoms with E-state index in [2.05, 4.69) is 35.5 Å². The molecule has 0 saturated heterocycles. The molecule has 2 N–H and O–H groups in total. The Morgan fingerprint density at radius 3 is 1.50 bits per heavy atom. The molecule has 2 aliphatic rings. The van der Waals surface area contributed by atoms with Crippen LogP contribution in [0.1, 0.15) is 33.4 Å². The molecule has 0 aromatic heterocycles. The van der Waals surface area contributed by atoms with Gasteiger partial charge >= 0.3 is 0 Å². The van der Waals surface area contributed by atoms with Gasteiger partial charge in [0.05, 0.1) is 0 Å². The molecule has 0 aliphatic carbocycles. The first-order valence-electron chi connectivity index (χ1n) is 12.2. The van der Waals surface area contributed by atoms with Crippen molar-refractivity contribution in [1.82, 2.24) is 0 Å². The molecule has 38 heavy (non-hydrogen) atoms. The fourth-order valence-corrected chi connectivity index (χ4v) is 3.70. The molecule has 4 bridgehead atoms. The Bertz CT molecular complexity index is 1620. The van der Waals surface area contributed by atoms with Crippen LogP contribution in [0.3, 0.4) is 0 Å². The van der Waals surface area contributed by atoms with E-state index in [0.29, 0.717) is 11.5 Å². The Hall–Kier alpha value is -4.92. The lowest BCUT2D eigenvalue weighted by Gasteiger charge is -2.19. The summed E-state index contributed by atoms with van der Waals surface area (Å²) in [6.45, 7) is -0.165. The minimum atomic E-state index is -1.12. The lowest BCUT2D eigenvalue weighted by molar-refractivity contribution is -0.0288. The van der Waals surface area contributed by atoms with Crippen molar-refractivity contribution in [2.45, 2.75) is 12.2 Å².